The monoisotopic (exact) mass is 439 g/mol. The predicted octanol–water partition coefficient (Wildman–Crippen LogP) is 4.48. The summed E-state index contributed by atoms with van der Waals surface area (Å²) in [6.45, 7) is 3.88. The molecule has 0 saturated heterocycles. The summed E-state index contributed by atoms with van der Waals surface area (Å²) in [4.78, 5) is 27.4. The minimum Gasteiger partial charge on any atom is -0.478 e. The third-order valence-electron chi connectivity index (χ3n) is 5.38. The van der Waals surface area contributed by atoms with Gasteiger partial charge in [-0.2, -0.15) is 5.10 Å². The van der Waals surface area contributed by atoms with Crippen molar-refractivity contribution < 1.29 is 14.8 Å². The Hall–Kier alpha value is -3.53. The molecule has 0 bridgehead atoms. The number of hydrogen-bond donors (Lipinski definition) is 2. The van der Waals surface area contributed by atoms with E-state index in [1.165, 1.54) is 17.0 Å². The van der Waals surface area contributed by atoms with E-state index in [1.807, 2.05) is 24.5 Å². The Morgan fingerprint density at radius 3 is 2.81 bits per heavy atom. The Kier molecular flexibility index (Phi) is 5.55. The molecule has 2 N–H and O–H groups in total. The van der Waals surface area contributed by atoms with Crippen LogP contribution in [0.15, 0.2) is 29.5 Å². The smallest absolute Gasteiger partial charge is 0.339 e. The van der Waals surface area contributed by atoms with Crippen LogP contribution in [-0.4, -0.2) is 31.8 Å². The maximum Gasteiger partial charge on any atom is 0.339 e. The Bertz CT molecular complexity index is 1190. The number of carbonyl (C=O) groups is 1. The average Bonchev–Trinajstić information content (AvgIpc) is 3.25. The molecule has 10 heteroatoms. The van der Waals surface area contributed by atoms with E-state index in [1.54, 1.807) is 17.6 Å². The number of anilines is 1. The molecule has 3 aromatic heterocycles. The number of hydrazone groups is 1. The second-order valence-electron chi connectivity index (χ2n) is 7.39. The van der Waals surface area contributed by atoms with Gasteiger partial charge >= 0.3 is 5.97 Å². The lowest BCUT2D eigenvalue weighted by Crippen LogP contribution is -2.09. The van der Waals surface area contributed by atoms with Gasteiger partial charge in [-0.05, 0) is 57.2 Å². The lowest BCUT2D eigenvalue weighted by atomic mass is 9.95. The molecule has 0 saturated carbocycles. The highest BCUT2D eigenvalue weighted by atomic mass is 32.1. The summed E-state index contributed by atoms with van der Waals surface area (Å²) < 4.78 is 1.98. The van der Waals surface area contributed by atoms with Gasteiger partial charge in [0, 0.05) is 27.9 Å². The number of hydrogen-bond acceptors (Lipinski definition) is 7. The Balaban J connectivity index is 1.62. The van der Waals surface area contributed by atoms with Gasteiger partial charge in [-0.1, -0.05) is 0 Å². The van der Waals surface area contributed by atoms with Gasteiger partial charge in [-0.15, -0.1) is 11.3 Å². The molecule has 0 radical (unpaired) electrons. The molecular weight excluding hydrogens is 418 g/mol. The first-order valence-electron chi connectivity index (χ1n) is 9.83. The molecule has 0 spiro atoms. The van der Waals surface area contributed by atoms with Crippen LogP contribution >= 0.6 is 11.3 Å². The quantitative estimate of drug-likeness (QED) is 0.332. The van der Waals surface area contributed by atoms with Crippen LogP contribution in [0.4, 0.5) is 11.5 Å². The van der Waals surface area contributed by atoms with E-state index in [-0.39, 0.29) is 5.69 Å². The molecule has 4 rings (SSSR count). The molecule has 0 fully saturated rings. The van der Waals surface area contributed by atoms with Gasteiger partial charge in [-0.25, -0.2) is 9.78 Å². The Morgan fingerprint density at radius 1 is 1.35 bits per heavy atom. The van der Waals surface area contributed by atoms with Crippen LogP contribution in [0.2, 0.25) is 0 Å². The first-order chi connectivity index (χ1) is 14.9. The van der Waals surface area contributed by atoms with Crippen LogP contribution in [0.25, 0.3) is 5.00 Å². The Morgan fingerprint density at radius 2 is 2.13 bits per heavy atom. The van der Waals surface area contributed by atoms with Gasteiger partial charge in [-0.3, -0.25) is 15.5 Å². The van der Waals surface area contributed by atoms with Crippen molar-refractivity contribution in [2.75, 3.05) is 5.43 Å². The number of nitrogens with zero attached hydrogens (tertiary/aromatic N) is 4. The van der Waals surface area contributed by atoms with Crippen molar-refractivity contribution in [3.63, 3.8) is 0 Å². The van der Waals surface area contributed by atoms with Crippen LogP contribution < -0.4 is 5.43 Å². The van der Waals surface area contributed by atoms with Gasteiger partial charge in [0.1, 0.15) is 17.0 Å². The molecule has 9 nitrogen and oxygen atoms in total. The predicted molar refractivity (Wildman–Crippen MR) is 119 cm³/mol. The number of rotatable bonds is 6. The standard InChI is InChI=1S/C21H21N5O4S/c1-12-9-14(10-23-24-18-8-7-15(11-22-18)26(29)30)13(2)25(12)20-19(21(27)28)16-5-3-4-6-17(16)31-20/h7-11H,3-6H2,1-2H3,(H,22,24)(H,27,28)/b23-10-. The minimum absolute atomic E-state index is 0.0917. The number of nitro groups is 1. The van der Waals surface area contributed by atoms with Crippen molar-refractivity contribution in [2.24, 2.45) is 5.10 Å². The van der Waals surface area contributed by atoms with Crippen molar-refractivity contribution >= 4 is 35.0 Å². The molecule has 1 aliphatic carbocycles. The van der Waals surface area contributed by atoms with E-state index in [4.69, 9.17) is 0 Å². The zero-order chi connectivity index (χ0) is 22.1. The fraction of sp³-hybridized carbons (Fsp3) is 0.286. The Labute approximate surface area is 182 Å². The number of nitrogens with one attached hydrogen (secondary N) is 1. The summed E-state index contributed by atoms with van der Waals surface area (Å²) in [6.07, 6.45) is 6.66. The van der Waals surface area contributed by atoms with E-state index in [0.717, 1.165) is 59.4 Å². The summed E-state index contributed by atoms with van der Waals surface area (Å²) >= 11 is 1.57. The number of carboxylic acid groups (broad SMARTS) is 1. The van der Waals surface area contributed by atoms with Gasteiger partial charge in [0.05, 0.1) is 16.7 Å². The molecule has 31 heavy (non-hydrogen) atoms. The lowest BCUT2D eigenvalue weighted by Gasteiger charge is -2.11. The maximum atomic E-state index is 12.1. The molecule has 3 heterocycles. The fourth-order valence-electron chi connectivity index (χ4n) is 3.89. The SMILES string of the molecule is Cc1cc(/C=N\Nc2ccc([N+](=O)[O-])cn2)c(C)n1-c1sc2c(c1C(=O)O)CCCC2. The molecule has 0 atom stereocenters. The van der Waals surface area contributed by atoms with E-state index in [2.05, 4.69) is 15.5 Å². The van der Waals surface area contributed by atoms with Gasteiger partial charge in [0.2, 0.25) is 0 Å². The second-order valence-corrected chi connectivity index (χ2v) is 8.47. The van der Waals surface area contributed by atoms with Crippen molar-refractivity contribution in [1.82, 2.24) is 9.55 Å². The van der Waals surface area contributed by atoms with Gasteiger partial charge in [0.15, 0.2) is 0 Å². The molecule has 3 aromatic rings. The highest BCUT2D eigenvalue weighted by Gasteiger charge is 2.27. The largest absolute Gasteiger partial charge is 0.478 e. The molecule has 0 amide bonds. The fourth-order valence-corrected chi connectivity index (χ4v) is 5.38. The highest BCUT2D eigenvalue weighted by Crippen LogP contribution is 2.38. The molecule has 0 aliphatic heterocycles. The highest BCUT2D eigenvalue weighted by molar-refractivity contribution is 7.15. The molecule has 0 unspecified atom stereocenters. The van der Waals surface area contributed by atoms with E-state index in [9.17, 15) is 20.0 Å². The van der Waals surface area contributed by atoms with E-state index < -0.39 is 10.9 Å². The normalized spacial score (nSPS) is 13.4. The third kappa shape index (κ3) is 3.93. The van der Waals surface area contributed by atoms with Gasteiger partial charge < -0.3 is 9.67 Å². The van der Waals surface area contributed by atoms with Crippen LogP contribution in [0.1, 0.15) is 50.6 Å². The van der Waals surface area contributed by atoms with Crippen molar-refractivity contribution in [1.29, 1.82) is 0 Å². The van der Waals surface area contributed by atoms with E-state index >= 15 is 0 Å². The van der Waals surface area contributed by atoms with Crippen molar-refractivity contribution in [3.8, 4) is 5.00 Å². The summed E-state index contributed by atoms with van der Waals surface area (Å²) in [7, 11) is 0. The van der Waals surface area contributed by atoms with Crippen molar-refractivity contribution in [3.05, 3.63) is 67.5 Å². The number of aromatic nitrogens is 2. The zero-order valence-corrected chi connectivity index (χ0v) is 17.9. The minimum atomic E-state index is -0.886. The number of thiophene rings is 1. The third-order valence-corrected chi connectivity index (χ3v) is 6.66. The van der Waals surface area contributed by atoms with E-state index in [0.29, 0.717) is 11.4 Å². The average molecular weight is 439 g/mol. The summed E-state index contributed by atoms with van der Waals surface area (Å²) in [5.74, 6) is -0.502. The van der Waals surface area contributed by atoms with Crippen molar-refractivity contribution in [2.45, 2.75) is 39.5 Å². The molecule has 1 aliphatic rings. The molecule has 0 aromatic carbocycles. The van der Waals surface area contributed by atoms with Crippen LogP contribution in [0.5, 0.6) is 0 Å². The lowest BCUT2D eigenvalue weighted by molar-refractivity contribution is -0.385. The number of pyridine rings is 1. The molecular formula is C21H21N5O4S. The number of fused-ring (bicyclic) bond motifs is 1. The summed E-state index contributed by atoms with van der Waals surface area (Å²) in [5.41, 5.74) is 6.72. The van der Waals surface area contributed by atoms with Gasteiger partial charge in [0.25, 0.3) is 5.69 Å². The number of aromatic carboxylic acids is 1. The maximum absolute atomic E-state index is 12.1. The topological polar surface area (TPSA) is 123 Å². The second kappa shape index (κ2) is 8.31. The van der Waals surface area contributed by atoms with Crippen LogP contribution in [0, 0.1) is 24.0 Å². The zero-order valence-electron chi connectivity index (χ0n) is 17.1. The van der Waals surface area contributed by atoms with Crippen LogP contribution in [0.3, 0.4) is 0 Å². The van der Waals surface area contributed by atoms with Crippen LogP contribution in [-0.2, 0) is 12.8 Å². The number of aryl methyl sites for hydroxylation is 2. The molecule has 160 valence electrons. The first-order valence-corrected chi connectivity index (χ1v) is 10.6. The summed E-state index contributed by atoms with van der Waals surface area (Å²) in [6, 6.07) is 4.78. The number of carboxylic acids is 1. The summed E-state index contributed by atoms with van der Waals surface area (Å²) in [5, 5.41) is 25.5. The first kappa shape index (κ1) is 20.7.